The largest absolute Gasteiger partial charge is 0.362 e. The van der Waals surface area contributed by atoms with Gasteiger partial charge in [-0.25, -0.2) is 4.68 Å². The van der Waals surface area contributed by atoms with Crippen LogP contribution in [0, 0.1) is 23.0 Å². The lowest BCUT2D eigenvalue weighted by Gasteiger charge is -2.32. The molecule has 19 heavy (non-hydrogen) atoms. The van der Waals surface area contributed by atoms with Crippen molar-refractivity contribution in [1.82, 2.24) is 9.78 Å². The first-order valence-corrected chi connectivity index (χ1v) is 6.91. The highest BCUT2D eigenvalue weighted by molar-refractivity contribution is 5.60. The van der Waals surface area contributed by atoms with Gasteiger partial charge in [0.1, 0.15) is 5.69 Å². The molecule has 1 aromatic heterocycles. The van der Waals surface area contributed by atoms with Crippen molar-refractivity contribution in [1.29, 1.82) is 0 Å². The van der Waals surface area contributed by atoms with Crippen molar-refractivity contribution in [2.75, 3.05) is 5.32 Å². The van der Waals surface area contributed by atoms with Crippen LogP contribution < -0.4 is 5.32 Å². The summed E-state index contributed by atoms with van der Waals surface area (Å²) in [5.74, 6) is 1.17. The monoisotopic (exact) mass is 266 g/mol. The normalized spacial score (nSPS) is 17.3. The first-order chi connectivity index (χ1) is 8.91. The van der Waals surface area contributed by atoms with Gasteiger partial charge in [-0.3, -0.25) is 10.1 Å². The Balaban J connectivity index is 2.32. The molecular formula is C13H22N4O2. The molecule has 0 spiro atoms. The summed E-state index contributed by atoms with van der Waals surface area (Å²) in [7, 11) is 0. The zero-order valence-electron chi connectivity index (χ0n) is 12.0. The predicted molar refractivity (Wildman–Crippen MR) is 74.4 cm³/mol. The molecule has 0 aromatic carbocycles. The van der Waals surface area contributed by atoms with E-state index in [0.29, 0.717) is 17.4 Å². The first kappa shape index (κ1) is 13.8. The maximum Gasteiger partial charge on any atom is 0.333 e. The Bertz CT molecular complexity index is 477. The standard InChI is InChI=1S/C13H22N4O2/c1-8(2)16-13(12(17(18)19)10(4)15-16)14-9(3)11-6-5-7-11/h8-9,11,14H,5-7H2,1-4H3. The van der Waals surface area contributed by atoms with Gasteiger partial charge in [0.05, 0.1) is 4.92 Å². The summed E-state index contributed by atoms with van der Waals surface area (Å²) in [6, 6.07) is 0.351. The van der Waals surface area contributed by atoms with Crippen molar-refractivity contribution in [3.05, 3.63) is 15.8 Å². The molecule has 1 aliphatic rings. The number of anilines is 1. The molecule has 6 heteroatoms. The lowest BCUT2D eigenvalue weighted by molar-refractivity contribution is -0.384. The van der Waals surface area contributed by atoms with Gasteiger partial charge in [0.15, 0.2) is 0 Å². The topological polar surface area (TPSA) is 73.0 Å². The molecule has 0 bridgehead atoms. The fourth-order valence-corrected chi connectivity index (χ4v) is 2.54. The van der Waals surface area contributed by atoms with Crippen LogP contribution in [0.2, 0.25) is 0 Å². The summed E-state index contributed by atoms with van der Waals surface area (Å²) >= 11 is 0. The van der Waals surface area contributed by atoms with Gasteiger partial charge in [0.2, 0.25) is 5.82 Å². The molecule has 1 aromatic rings. The van der Waals surface area contributed by atoms with Crippen LogP contribution in [0.25, 0.3) is 0 Å². The number of hydrogen-bond acceptors (Lipinski definition) is 4. The molecule has 1 unspecified atom stereocenters. The quantitative estimate of drug-likeness (QED) is 0.655. The lowest BCUT2D eigenvalue weighted by Crippen LogP contribution is -2.32. The molecule has 6 nitrogen and oxygen atoms in total. The maximum atomic E-state index is 11.2. The minimum Gasteiger partial charge on any atom is -0.362 e. The number of aryl methyl sites for hydroxylation is 1. The van der Waals surface area contributed by atoms with Gasteiger partial charge in [-0.05, 0) is 46.5 Å². The number of nitrogens with zero attached hydrogens (tertiary/aromatic N) is 3. The number of nitrogens with one attached hydrogen (secondary N) is 1. The molecule has 1 fully saturated rings. The molecular weight excluding hydrogens is 244 g/mol. The number of hydrogen-bond donors (Lipinski definition) is 1. The summed E-state index contributed by atoms with van der Waals surface area (Å²) in [6.45, 7) is 7.75. The van der Waals surface area contributed by atoms with Gasteiger partial charge in [-0.1, -0.05) is 6.42 Å². The Morgan fingerprint density at radius 2 is 2.05 bits per heavy atom. The second-order valence-corrected chi connectivity index (χ2v) is 5.70. The van der Waals surface area contributed by atoms with E-state index in [9.17, 15) is 10.1 Å². The molecule has 1 atom stereocenters. The SMILES string of the molecule is Cc1nn(C(C)C)c(NC(C)C2CCC2)c1[N+](=O)[O-]. The summed E-state index contributed by atoms with van der Waals surface area (Å²) in [5, 5.41) is 18.8. The van der Waals surface area contributed by atoms with E-state index in [2.05, 4.69) is 17.3 Å². The van der Waals surface area contributed by atoms with Gasteiger partial charge < -0.3 is 5.32 Å². The van der Waals surface area contributed by atoms with E-state index in [4.69, 9.17) is 0 Å². The van der Waals surface area contributed by atoms with Crippen LogP contribution in [0.15, 0.2) is 0 Å². The smallest absolute Gasteiger partial charge is 0.333 e. The summed E-state index contributed by atoms with van der Waals surface area (Å²) in [5.41, 5.74) is 0.585. The third-order valence-corrected chi connectivity index (χ3v) is 3.95. The van der Waals surface area contributed by atoms with E-state index >= 15 is 0 Å². The van der Waals surface area contributed by atoms with E-state index in [-0.39, 0.29) is 22.7 Å². The molecule has 1 N–H and O–H groups in total. The molecule has 0 aliphatic heterocycles. The number of aromatic nitrogens is 2. The van der Waals surface area contributed by atoms with Crippen molar-refractivity contribution in [3.63, 3.8) is 0 Å². The van der Waals surface area contributed by atoms with Crippen molar-refractivity contribution in [2.24, 2.45) is 5.92 Å². The molecule has 0 radical (unpaired) electrons. The average molecular weight is 266 g/mol. The average Bonchev–Trinajstić information content (AvgIpc) is 2.52. The third-order valence-electron chi connectivity index (χ3n) is 3.95. The van der Waals surface area contributed by atoms with E-state index in [0.717, 1.165) is 0 Å². The Kier molecular flexibility index (Phi) is 3.78. The van der Waals surface area contributed by atoms with Crippen LogP contribution in [0.1, 0.15) is 51.8 Å². The summed E-state index contributed by atoms with van der Waals surface area (Å²) < 4.78 is 1.72. The lowest BCUT2D eigenvalue weighted by atomic mass is 9.80. The maximum absolute atomic E-state index is 11.2. The highest BCUT2D eigenvalue weighted by Crippen LogP contribution is 2.35. The molecule has 1 saturated carbocycles. The van der Waals surface area contributed by atoms with Crippen LogP contribution >= 0.6 is 0 Å². The minimum absolute atomic E-state index is 0.100. The summed E-state index contributed by atoms with van der Waals surface area (Å²) in [4.78, 5) is 10.9. The first-order valence-electron chi connectivity index (χ1n) is 6.91. The highest BCUT2D eigenvalue weighted by Gasteiger charge is 2.30. The van der Waals surface area contributed by atoms with Gasteiger partial charge >= 0.3 is 5.69 Å². The van der Waals surface area contributed by atoms with E-state index in [1.165, 1.54) is 19.3 Å². The minimum atomic E-state index is -0.336. The van der Waals surface area contributed by atoms with Crippen LogP contribution in [-0.2, 0) is 0 Å². The van der Waals surface area contributed by atoms with Gasteiger partial charge in [0.25, 0.3) is 0 Å². The Morgan fingerprint density at radius 3 is 2.47 bits per heavy atom. The molecule has 2 rings (SSSR count). The van der Waals surface area contributed by atoms with Gasteiger partial charge in [0, 0.05) is 12.1 Å². The zero-order chi connectivity index (χ0) is 14.2. The van der Waals surface area contributed by atoms with Crippen molar-refractivity contribution in [3.8, 4) is 0 Å². The van der Waals surface area contributed by atoms with Crippen LogP contribution in [-0.4, -0.2) is 20.7 Å². The van der Waals surface area contributed by atoms with Crippen LogP contribution in [0.3, 0.4) is 0 Å². The second kappa shape index (κ2) is 5.19. The van der Waals surface area contributed by atoms with Crippen LogP contribution in [0.4, 0.5) is 11.5 Å². The predicted octanol–water partition coefficient (Wildman–Crippen LogP) is 3.28. The van der Waals surface area contributed by atoms with E-state index in [1.54, 1.807) is 11.6 Å². The van der Waals surface area contributed by atoms with Crippen LogP contribution in [0.5, 0.6) is 0 Å². The molecule has 0 saturated heterocycles. The fraction of sp³-hybridized carbons (Fsp3) is 0.769. The third kappa shape index (κ3) is 2.57. The van der Waals surface area contributed by atoms with Gasteiger partial charge in [-0.15, -0.1) is 0 Å². The van der Waals surface area contributed by atoms with E-state index < -0.39 is 0 Å². The van der Waals surface area contributed by atoms with E-state index in [1.807, 2.05) is 13.8 Å². The van der Waals surface area contributed by atoms with Crippen molar-refractivity contribution >= 4 is 11.5 Å². The molecule has 0 amide bonds. The Labute approximate surface area is 113 Å². The van der Waals surface area contributed by atoms with Gasteiger partial charge in [-0.2, -0.15) is 5.10 Å². The number of nitro groups is 1. The van der Waals surface area contributed by atoms with Crippen molar-refractivity contribution < 1.29 is 4.92 Å². The Morgan fingerprint density at radius 1 is 1.42 bits per heavy atom. The Hall–Kier alpha value is -1.59. The summed E-state index contributed by atoms with van der Waals surface area (Å²) in [6.07, 6.45) is 3.68. The van der Waals surface area contributed by atoms with Crippen molar-refractivity contribution in [2.45, 2.75) is 59.0 Å². The molecule has 1 aliphatic carbocycles. The second-order valence-electron chi connectivity index (χ2n) is 5.70. The highest BCUT2D eigenvalue weighted by atomic mass is 16.6. The molecule has 106 valence electrons. The fourth-order valence-electron chi connectivity index (χ4n) is 2.54. The zero-order valence-corrected chi connectivity index (χ0v) is 12.0. The number of rotatable bonds is 5. The molecule has 1 heterocycles.